The fraction of sp³-hybridized carbons (Fsp3) is 0.571. The highest BCUT2D eigenvalue weighted by molar-refractivity contribution is 5.31. The maximum atomic E-state index is 13.8. The number of methoxy groups -OCH3 is 1. The Balaban J connectivity index is 2.46. The second-order valence-electron chi connectivity index (χ2n) is 4.37. The Kier molecular flexibility index (Phi) is 5.98. The zero-order valence-corrected chi connectivity index (χ0v) is 10.7. The van der Waals surface area contributed by atoms with Gasteiger partial charge < -0.3 is 10.5 Å². The average Bonchev–Trinajstić information content (AvgIpc) is 2.32. The summed E-state index contributed by atoms with van der Waals surface area (Å²) in [4.78, 5) is 0. The number of aryl methyl sites for hydroxylation is 1. The first kappa shape index (κ1) is 14.0. The molecule has 1 unspecified atom stereocenters. The first-order valence-corrected chi connectivity index (χ1v) is 6.26. The van der Waals surface area contributed by atoms with Crippen molar-refractivity contribution in [1.29, 1.82) is 0 Å². The highest BCUT2D eigenvalue weighted by atomic mass is 19.1. The van der Waals surface area contributed by atoms with Crippen molar-refractivity contribution < 1.29 is 9.13 Å². The highest BCUT2D eigenvalue weighted by Gasteiger charge is 2.08. The summed E-state index contributed by atoms with van der Waals surface area (Å²) in [5.74, 6) is 0.0828. The molecule has 0 heterocycles. The molecule has 2 N–H and O–H groups in total. The third-order valence-corrected chi connectivity index (χ3v) is 2.94. The topological polar surface area (TPSA) is 35.2 Å². The molecule has 0 radical (unpaired) electrons. The lowest BCUT2D eigenvalue weighted by atomic mass is 10.0. The van der Waals surface area contributed by atoms with Gasteiger partial charge in [0.15, 0.2) is 11.6 Å². The summed E-state index contributed by atoms with van der Waals surface area (Å²) < 4.78 is 18.7. The van der Waals surface area contributed by atoms with Gasteiger partial charge in [-0.3, -0.25) is 0 Å². The van der Waals surface area contributed by atoms with Crippen molar-refractivity contribution in [3.8, 4) is 5.75 Å². The van der Waals surface area contributed by atoms with Gasteiger partial charge in [0.1, 0.15) is 0 Å². The summed E-state index contributed by atoms with van der Waals surface area (Å²) in [7, 11) is 1.49. The largest absolute Gasteiger partial charge is 0.494 e. The van der Waals surface area contributed by atoms with Gasteiger partial charge in [-0.15, -0.1) is 0 Å². The maximum absolute atomic E-state index is 13.8. The smallest absolute Gasteiger partial charge is 0.168 e. The molecule has 0 aliphatic heterocycles. The molecule has 0 bridgehead atoms. The van der Waals surface area contributed by atoms with E-state index in [9.17, 15) is 4.39 Å². The van der Waals surface area contributed by atoms with Gasteiger partial charge in [0.05, 0.1) is 7.11 Å². The molecule has 2 nitrogen and oxygen atoms in total. The summed E-state index contributed by atoms with van der Waals surface area (Å²) in [5.41, 5.74) is 6.64. The second kappa shape index (κ2) is 7.28. The van der Waals surface area contributed by atoms with Crippen molar-refractivity contribution >= 4 is 0 Å². The van der Waals surface area contributed by atoms with Gasteiger partial charge in [0.25, 0.3) is 0 Å². The lowest BCUT2D eigenvalue weighted by Gasteiger charge is -2.11. The van der Waals surface area contributed by atoms with Crippen molar-refractivity contribution in [3.05, 3.63) is 29.6 Å². The van der Waals surface area contributed by atoms with E-state index in [1.165, 1.54) is 7.11 Å². The van der Waals surface area contributed by atoms with Crippen LogP contribution < -0.4 is 10.5 Å². The molecule has 0 aliphatic rings. The second-order valence-corrected chi connectivity index (χ2v) is 4.37. The molecular formula is C14H22FNO. The van der Waals surface area contributed by atoms with Crippen molar-refractivity contribution in [2.45, 2.75) is 45.1 Å². The van der Waals surface area contributed by atoms with Crippen LogP contribution in [0.1, 0.15) is 38.2 Å². The number of halogens is 1. The van der Waals surface area contributed by atoms with E-state index in [0.29, 0.717) is 11.3 Å². The van der Waals surface area contributed by atoms with E-state index < -0.39 is 0 Å². The molecule has 0 aromatic heterocycles. The first-order valence-electron chi connectivity index (χ1n) is 6.26. The Morgan fingerprint density at radius 1 is 1.35 bits per heavy atom. The Morgan fingerprint density at radius 3 is 2.76 bits per heavy atom. The number of hydrogen-bond acceptors (Lipinski definition) is 2. The molecule has 0 aliphatic carbocycles. The number of nitrogens with two attached hydrogens (primary N) is 1. The Morgan fingerprint density at radius 2 is 2.12 bits per heavy atom. The predicted molar refractivity (Wildman–Crippen MR) is 68.8 cm³/mol. The summed E-state index contributed by atoms with van der Waals surface area (Å²) in [6, 6.07) is 5.52. The number of benzene rings is 1. The first-order chi connectivity index (χ1) is 8.19. The predicted octanol–water partition coefficient (Wildman–Crippen LogP) is 3.28. The van der Waals surface area contributed by atoms with E-state index in [-0.39, 0.29) is 11.9 Å². The Hall–Kier alpha value is -1.09. The molecule has 0 amide bonds. The van der Waals surface area contributed by atoms with Crippen LogP contribution in [0.15, 0.2) is 18.2 Å². The third kappa shape index (κ3) is 4.35. The molecule has 3 heteroatoms. The van der Waals surface area contributed by atoms with Gasteiger partial charge in [0.2, 0.25) is 0 Å². The van der Waals surface area contributed by atoms with E-state index in [4.69, 9.17) is 10.5 Å². The SMILES string of the molecule is CCCC(N)CCCc1cccc(OC)c1F. The quantitative estimate of drug-likeness (QED) is 0.792. The molecule has 17 heavy (non-hydrogen) atoms. The summed E-state index contributed by atoms with van der Waals surface area (Å²) in [6.07, 6.45) is 4.74. The van der Waals surface area contributed by atoms with E-state index >= 15 is 0 Å². The van der Waals surface area contributed by atoms with Crippen molar-refractivity contribution in [3.63, 3.8) is 0 Å². The molecule has 1 aromatic rings. The lowest BCUT2D eigenvalue weighted by Crippen LogP contribution is -2.19. The molecule has 1 atom stereocenters. The van der Waals surface area contributed by atoms with Crippen molar-refractivity contribution in [1.82, 2.24) is 0 Å². The normalized spacial score (nSPS) is 12.5. The van der Waals surface area contributed by atoms with Crippen molar-refractivity contribution in [2.75, 3.05) is 7.11 Å². The number of hydrogen-bond donors (Lipinski definition) is 1. The fourth-order valence-electron chi connectivity index (χ4n) is 1.98. The molecule has 1 aromatic carbocycles. The zero-order valence-electron chi connectivity index (χ0n) is 10.7. The van der Waals surface area contributed by atoms with Crippen LogP contribution in [-0.2, 0) is 6.42 Å². The van der Waals surface area contributed by atoms with Gasteiger partial charge in [-0.05, 0) is 37.3 Å². The molecule has 0 fully saturated rings. The van der Waals surface area contributed by atoms with Crippen LogP contribution in [0.25, 0.3) is 0 Å². The van der Waals surface area contributed by atoms with Crippen molar-refractivity contribution in [2.24, 2.45) is 5.73 Å². The minimum absolute atomic E-state index is 0.237. The molecule has 0 saturated heterocycles. The molecular weight excluding hydrogens is 217 g/mol. The van der Waals surface area contributed by atoms with E-state index in [1.807, 2.05) is 12.1 Å². The van der Waals surface area contributed by atoms with Gasteiger partial charge in [-0.2, -0.15) is 0 Å². The highest BCUT2D eigenvalue weighted by Crippen LogP contribution is 2.21. The molecule has 96 valence electrons. The zero-order chi connectivity index (χ0) is 12.7. The van der Waals surface area contributed by atoms with E-state index in [0.717, 1.165) is 32.1 Å². The van der Waals surface area contributed by atoms with E-state index in [2.05, 4.69) is 6.92 Å². The Labute approximate surface area is 103 Å². The maximum Gasteiger partial charge on any atom is 0.168 e. The molecule has 0 saturated carbocycles. The minimum Gasteiger partial charge on any atom is -0.494 e. The van der Waals surface area contributed by atoms with Gasteiger partial charge >= 0.3 is 0 Å². The molecule has 1 rings (SSSR count). The van der Waals surface area contributed by atoms with Crippen LogP contribution in [0.2, 0.25) is 0 Å². The van der Waals surface area contributed by atoms with Gasteiger partial charge in [0, 0.05) is 6.04 Å². The van der Waals surface area contributed by atoms with Gasteiger partial charge in [-0.1, -0.05) is 25.5 Å². The fourth-order valence-corrected chi connectivity index (χ4v) is 1.98. The summed E-state index contributed by atoms with van der Waals surface area (Å²) in [5, 5.41) is 0. The third-order valence-electron chi connectivity index (χ3n) is 2.94. The average molecular weight is 239 g/mol. The molecule has 0 spiro atoms. The number of rotatable bonds is 7. The Bertz CT molecular complexity index is 341. The van der Waals surface area contributed by atoms with Crippen LogP contribution in [0.4, 0.5) is 4.39 Å². The summed E-state index contributed by atoms with van der Waals surface area (Å²) >= 11 is 0. The van der Waals surface area contributed by atoms with Gasteiger partial charge in [-0.25, -0.2) is 4.39 Å². The lowest BCUT2D eigenvalue weighted by molar-refractivity contribution is 0.383. The van der Waals surface area contributed by atoms with Crippen LogP contribution in [0.3, 0.4) is 0 Å². The van der Waals surface area contributed by atoms with E-state index in [1.54, 1.807) is 6.07 Å². The van der Waals surface area contributed by atoms with Crippen LogP contribution in [0.5, 0.6) is 5.75 Å². The van der Waals surface area contributed by atoms with Crippen LogP contribution >= 0.6 is 0 Å². The number of ether oxygens (including phenoxy) is 1. The summed E-state index contributed by atoms with van der Waals surface area (Å²) in [6.45, 7) is 2.13. The van der Waals surface area contributed by atoms with Crippen LogP contribution in [0, 0.1) is 5.82 Å². The van der Waals surface area contributed by atoms with Crippen LogP contribution in [-0.4, -0.2) is 13.2 Å². The standard InChI is InChI=1S/C14H22FNO/c1-3-6-12(16)9-4-7-11-8-5-10-13(17-2)14(11)15/h5,8,10,12H,3-4,6-7,9,16H2,1-2H3. The minimum atomic E-state index is -0.237. The monoisotopic (exact) mass is 239 g/mol.